The molecule has 1 rings (SSSR count). The molecule has 0 fully saturated rings. The van der Waals surface area contributed by atoms with Gasteiger partial charge >= 0.3 is 0 Å². The van der Waals surface area contributed by atoms with Gasteiger partial charge in [-0.2, -0.15) is 0 Å². The van der Waals surface area contributed by atoms with Crippen LogP contribution in [0.5, 0.6) is 0 Å². The van der Waals surface area contributed by atoms with E-state index in [9.17, 15) is 0 Å². The molecule has 1 heterocycles. The van der Waals surface area contributed by atoms with Crippen molar-refractivity contribution in [1.29, 1.82) is 0 Å². The average molecular weight is 293 g/mol. The van der Waals surface area contributed by atoms with Gasteiger partial charge in [0.25, 0.3) is 0 Å². The first-order valence-electron chi connectivity index (χ1n) is 9.19. The van der Waals surface area contributed by atoms with Gasteiger partial charge in [0.15, 0.2) is 6.39 Å². The van der Waals surface area contributed by atoms with E-state index in [0.29, 0.717) is 5.92 Å². The summed E-state index contributed by atoms with van der Waals surface area (Å²) >= 11 is 0. The first-order chi connectivity index (χ1) is 10.3. The van der Waals surface area contributed by atoms with E-state index in [1.54, 1.807) is 6.39 Å². The maximum Gasteiger partial charge on any atom is 0.181 e. The first kappa shape index (κ1) is 18.3. The molecule has 0 aliphatic carbocycles. The summed E-state index contributed by atoms with van der Waals surface area (Å²) in [7, 11) is 0. The number of unbranched alkanes of at least 4 members (excludes halogenated alkanes) is 8. The average Bonchev–Trinajstić information content (AvgIpc) is 2.91. The smallest absolute Gasteiger partial charge is 0.181 e. The van der Waals surface area contributed by atoms with Gasteiger partial charge in [-0.15, -0.1) is 0 Å². The van der Waals surface area contributed by atoms with Crippen LogP contribution in [-0.4, -0.2) is 4.98 Å². The zero-order chi connectivity index (χ0) is 15.3. The molecule has 122 valence electrons. The highest BCUT2D eigenvalue weighted by atomic mass is 16.3. The third-order valence-electron chi connectivity index (χ3n) is 4.47. The van der Waals surface area contributed by atoms with Gasteiger partial charge < -0.3 is 4.42 Å². The van der Waals surface area contributed by atoms with Gasteiger partial charge in [-0.05, 0) is 19.8 Å². The fraction of sp³-hybridized carbons (Fsp3) is 0.842. The van der Waals surface area contributed by atoms with Gasteiger partial charge in [-0.25, -0.2) is 4.98 Å². The highest BCUT2D eigenvalue weighted by Gasteiger charge is 2.17. The standard InChI is InChI=1S/C19H35NO/c1-4-6-8-10-12-14-18(15-13-11-9-7-5-2)19-17(3)20-16-21-19/h16,18H,4-15H2,1-3H3. The van der Waals surface area contributed by atoms with E-state index < -0.39 is 0 Å². The van der Waals surface area contributed by atoms with E-state index in [1.807, 2.05) is 0 Å². The highest BCUT2D eigenvalue weighted by Crippen LogP contribution is 2.30. The van der Waals surface area contributed by atoms with Crippen LogP contribution in [0.25, 0.3) is 0 Å². The molecule has 0 aliphatic rings. The number of hydrogen-bond acceptors (Lipinski definition) is 2. The Morgan fingerprint density at radius 1 is 0.857 bits per heavy atom. The molecule has 0 amide bonds. The van der Waals surface area contributed by atoms with Crippen molar-refractivity contribution in [2.75, 3.05) is 0 Å². The lowest BCUT2D eigenvalue weighted by Crippen LogP contribution is -2.00. The minimum Gasteiger partial charge on any atom is -0.448 e. The predicted molar refractivity (Wildman–Crippen MR) is 90.7 cm³/mol. The Bertz CT molecular complexity index is 331. The topological polar surface area (TPSA) is 26.0 Å². The van der Waals surface area contributed by atoms with E-state index in [1.165, 1.54) is 77.0 Å². The molecule has 0 unspecified atom stereocenters. The Morgan fingerprint density at radius 2 is 1.38 bits per heavy atom. The molecular formula is C19H35NO. The van der Waals surface area contributed by atoms with Crippen LogP contribution in [0.15, 0.2) is 10.8 Å². The van der Waals surface area contributed by atoms with Gasteiger partial charge in [0.1, 0.15) is 5.76 Å². The largest absolute Gasteiger partial charge is 0.448 e. The highest BCUT2D eigenvalue weighted by molar-refractivity contribution is 5.10. The summed E-state index contributed by atoms with van der Waals surface area (Å²) < 4.78 is 5.67. The maximum atomic E-state index is 5.67. The Labute approximate surface area is 131 Å². The number of aryl methyl sites for hydroxylation is 1. The number of oxazole rings is 1. The SMILES string of the molecule is CCCCCCCC(CCCCCCC)c1ocnc1C. The molecular weight excluding hydrogens is 258 g/mol. The Hall–Kier alpha value is -0.790. The van der Waals surface area contributed by atoms with Gasteiger partial charge in [0.05, 0.1) is 5.69 Å². The molecule has 0 aromatic carbocycles. The number of aromatic nitrogens is 1. The zero-order valence-electron chi connectivity index (χ0n) is 14.5. The molecule has 0 N–H and O–H groups in total. The molecule has 0 saturated carbocycles. The van der Waals surface area contributed by atoms with Crippen LogP contribution in [0.3, 0.4) is 0 Å². The second kappa shape index (κ2) is 11.8. The van der Waals surface area contributed by atoms with E-state index >= 15 is 0 Å². The van der Waals surface area contributed by atoms with Crippen LogP contribution in [-0.2, 0) is 0 Å². The third-order valence-corrected chi connectivity index (χ3v) is 4.47. The van der Waals surface area contributed by atoms with E-state index in [4.69, 9.17) is 4.42 Å². The number of hydrogen-bond donors (Lipinski definition) is 0. The summed E-state index contributed by atoms with van der Waals surface area (Å²) in [6.07, 6.45) is 17.7. The first-order valence-corrected chi connectivity index (χ1v) is 9.19. The zero-order valence-corrected chi connectivity index (χ0v) is 14.5. The second-order valence-corrected chi connectivity index (χ2v) is 6.40. The summed E-state index contributed by atoms with van der Waals surface area (Å²) in [5.41, 5.74) is 1.10. The van der Waals surface area contributed by atoms with Crippen molar-refractivity contribution in [3.63, 3.8) is 0 Å². The molecule has 0 radical (unpaired) electrons. The normalized spacial score (nSPS) is 11.4. The fourth-order valence-corrected chi connectivity index (χ4v) is 3.10. The van der Waals surface area contributed by atoms with Crippen molar-refractivity contribution in [1.82, 2.24) is 4.98 Å². The van der Waals surface area contributed by atoms with Crippen molar-refractivity contribution in [3.8, 4) is 0 Å². The fourth-order valence-electron chi connectivity index (χ4n) is 3.10. The van der Waals surface area contributed by atoms with Crippen LogP contribution in [0.2, 0.25) is 0 Å². The molecule has 1 aromatic heterocycles. The molecule has 0 saturated heterocycles. The Kier molecular flexibility index (Phi) is 10.3. The molecule has 2 nitrogen and oxygen atoms in total. The van der Waals surface area contributed by atoms with E-state index in [2.05, 4.69) is 25.8 Å². The summed E-state index contributed by atoms with van der Waals surface area (Å²) in [5.74, 6) is 1.75. The van der Waals surface area contributed by atoms with Gasteiger partial charge in [-0.1, -0.05) is 78.1 Å². The maximum absolute atomic E-state index is 5.67. The molecule has 2 heteroatoms. The minimum atomic E-state index is 0.593. The lowest BCUT2D eigenvalue weighted by atomic mass is 9.91. The van der Waals surface area contributed by atoms with Crippen LogP contribution < -0.4 is 0 Å². The van der Waals surface area contributed by atoms with Gasteiger partial charge in [0.2, 0.25) is 0 Å². The van der Waals surface area contributed by atoms with Gasteiger partial charge in [-0.3, -0.25) is 0 Å². The number of rotatable bonds is 13. The minimum absolute atomic E-state index is 0.593. The molecule has 1 aromatic rings. The summed E-state index contributed by atoms with van der Waals surface area (Å²) in [6.45, 7) is 6.63. The second-order valence-electron chi connectivity index (χ2n) is 6.40. The quantitative estimate of drug-likeness (QED) is 0.374. The van der Waals surface area contributed by atoms with Gasteiger partial charge in [0, 0.05) is 5.92 Å². The monoisotopic (exact) mass is 293 g/mol. The van der Waals surface area contributed by atoms with Crippen LogP contribution in [0.1, 0.15) is 108 Å². The van der Waals surface area contributed by atoms with Crippen molar-refractivity contribution in [2.45, 2.75) is 104 Å². The van der Waals surface area contributed by atoms with Crippen LogP contribution in [0.4, 0.5) is 0 Å². The van der Waals surface area contributed by atoms with Crippen molar-refractivity contribution >= 4 is 0 Å². The molecule has 21 heavy (non-hydrogen) atoms. The predicted octanol–water partition coefficient (Wildman–Crippen LogP) is 6.79. The summed E-state index contributed by atoms with van der Waals surface area (Å²) in [6, 6.07) is 0. The van der Waals surface area contributed by atoms with E-state index in [-0.39, 0.29) is 0 Å². The molecule has 0 bridgehead atoms. The van der Waals surface area contributed by atoms with E-state index in [0.717, 1.165) is 11.5 Å². The van der Waals surface area contributed by atoms with Crippen LogP contribution in [0, 0.1) is 6.92 Å². The van der Waals surface area contributed by atoms with Crippen LogP contribution >= 0.6 is 0 Å². The lowest BCUT2D eigenvalue weighted by molar-refractivity contribution is 0.402. The Morgan fingerprint density at radius 3 is 1.81 bits per heavy atom. The molecule has 0 atom stereocenters. The lowest BCUT2D eigenvalue weighted by Gasteiger charge is -2.15. The molecule has 0 aliphatic heterocycles. The third kappa shape index (κ3) is 7.68. The van der Waals surface area contributed by atoms with Crippen molar-refractivity contribution < 1.29 is 4.42 Å². The van der Waals surface area contributed by atoms with Crippen molar-refractivity contribution in [3.05, 3.63) is 17.8 Å². The summed E-state index contributed by atoms with van der Waals surface area (Å²) in [5, 5.41) is 0. The van der Waals surface area contributed by atoms with Crippen molar-refractivity contribution in [2.24, 2.45) is 0 Å². The molecule has 0 spiro atoms. The number of nitrogens with zero attached hydrogens (tertiary/aromatic N) is 1. The Balaban J connectivity index is 2.34. The summed E-state index contributed by atoms with van der Waals surface area (Å²) in [4.78, 5) is 4.29.